The maximum absolute atomic E-state index is 6.21. The lowest BCUT2D eigenvalue weighted by Crippen LogP contribution is -2.15. The molecule has 1 aliphatic carbocycles. The molecule has 0 bridgehead atoms. The zero-order valence-electron chi connectivity index (χ0n) is 26.7. The van der Waals surface area contributed by atoms with Gasteiger partial charge in [-0.3, -0.25) is 0 Å². The van der Waals surface area contributed by atoms with E-state index in [1.165, 1.54) is 71.6 Å². The van der Waals surface area contributed by atoms with Crippen LogP contribution >= 0.6 is 0 Å². The molecule has 0 saturated heterocycles. The molecule has 0 aliphatic heterocycles. The van der Waals surface area contributed by atoms with Crippen LogP contribution in [0.25, 0.3) is 88.1 Å². The van der Waals surface area contributed by atoms with Crippen molar-refractivity contribution >= 4 is 65.6 Å². The second kappa shape index (κ2) is 9.05. The first kappa shape index (κ1) is 26.1. The molecule has 0 spiro atoms. The van der Waals surface area contributed by atoms with Crippen molar-refractivity contribution in [1.29, 1.82) is 0 Å². The van der Waals surface area contributed by atoms with Gasteiger partial charge < -0.3 is 13.6 Å². The van der Waals surface area contributed by atoms with Gasteiger partial charge in [0.25, 0.3) is 0 Å². The van der Waals surface area contributed by atoms with Crippen LogP contribution in [-0.4, -0.2) is 9.13 Å². The van der Waals surface area contributed by atoms with Crippen molar-refractivity contribution in [2.45, 2.75) is 19.3 Å². The molecule has 3 heterocycles. The Hall–Kier alpha value is -6.06. The van der Waals surface area contributed by atoms with Gasteiger partial charge in [-0.15, -0.1) is 0 Å². The Balaban J connectivity index is 1.25. The predicted molar refractivity (Wildman–Crippen MR) is 200 cm³/mol. The number of aromatic nitrogens is 2. The van der Waals surface area contributed by atoms with Gasteiger partial charge in [-0.25, -0.2) is 0 Å². The van der Waals surface area contributed by atoms with Gasteiger partial charge in [0.15, 0.2) is 0 Å². The lowest BCUT2D eigenvalue weighted by atomic mass is 9.82. The first-order valence-corrected chi connectivity index (χ1v) is 16.7. The summed E-state index contributed by atoms with van der Waals surface area (Å²) in [7, 11) is 0. The zero-order chi connectivity index (χ0) is 31.7. The van der Waals surface area contributed by atoms with E-state index >= 15 is 0 Å². The third kappa shape index (κ3) is 3.23. The first-order valence-electron chi connectivity index (χ1n) is 16.7. The van der Waals surface area contributed by atoms with Crippen LogP contribution in [0.2, 0.25) is 0 Å². The minimum Gasteiger partial charge on any atom is -0.456 e. The van der Waals surface area contributed by atoms with E-state index in [-0.39, 0.29) is 5.41 Å². The topological polar surface area (TPSA) is 23.0 Å². The Morgan fingerprint density at radius 3 is 1.96 bits per heavy atom. The largest absolute Gasteiger partial charge is 0.456 e. The predicted octanol–water partition coefficient (Wildman–Crippen LogP) is 12.1. The summed E-state index contributed by atoms with van der Waals surface area (Å²) in [6.07, 6.45) is 0. The Bertz CT molecular complexity index is 2980. The molecule has 0 atom stereocenters. The second-order valence-corrected chi connectivity index (χ2v) is 13.7. The summed E-state index contributed by atoms with van der Waals surface area (Å²) in [6, 6.07) is 53.2. The first-order chi connectivity index (χ1) is 23.6. The van der Waals surface area contributed by atoms with E-state index in [0.717, 1.165) is 27.6 Å². The molecule has 0 radical (unpaired) electrons. The van der Waals surface area contributed by atoms with Gasteiger partial charge in [0, 0.05) is 49.1 Å². The molecular weight excluding hydrogens is 585 g/mol. The quantitative estimate of drug-likeness (QED) is 0.190. The highest BCUT2D eigenvalue weighted by molar-refractivity contribution is 6.26. The number of hydrogen-bond donors (Lipinski definition) is 0. The molecule has 1 aliphatic rings. The van der Waals surface area contributed by atoms with Crippen molar-refractivity contribution in [3.63, 3.8) is 0 Å². The molecule has 0 fully saturated rings. The third-order valence-electron chi connectivity index (χ3n) is 10.9. The summed E-state index contributed by atoms with van der Waals surface area (Å²) in [5.74, 6) is 0. The molecule has 11 rings (SSSR count). The number of para-hydroxylation sites is 3. The van der Waals surface area contributed by atoms with E-state index in [4.69, 9.17) is 4.42 Å². The van der Waals surface area contributed by atoms with Gasteiger partial charge in [-0.1, -0.05) is 105 Å². The van der Waals surface area contributed by atoms with E-state index < -0.39 is 0 Å². The van der Waals surface area contributed by atoms with Gasteiger partial charge in [-0.05, 0) is 76.9 Å². The lowest BCUT2D eigenvalue weighted by molar-refractivity contribution is 0.660. The Morgan fingerprint density at radius 2 is 1.08 bits per heavy atom. The minimum atomic E-state index is -0.0814. The van der Waals surface area contributed by atoms with Crippen molar-refractivity contribution in [2.75, 3.05) is 0 Å². The summed E-state index contributed by atoms with van der Waals surface area (Å²) in [6.45, 7) is 4.72. The summed E-state index contributed by atoms with van der Waals surface area (Å²) >= 11 is 0. The van der Waals surface area contributed by atoms with Gasteiger partial charge >= 0.3 is 0 Å². The SMILES string of the molecule is CC1(C)c2ccccc2-c2ccc(-n3c4ccccc4c4ccc5c(c6ccccc6n5-c5ccc6oc7ccccc7c6c5)c43)cc21. The van der Waals surface area contributed by atoms with Crippen molar-refractivity contribution in [2.24, 2.45) is 0 Å². The van der Waals surface area contributed by atoms with Crippen LogP contribution in [-0.2, 0) is 5.41 Å². The molecule has 0 amide bonds. The highest BCUT2D eigenvalue weighted by Crippen LogP contribution is 2.50. The molecule has 3 nitrogen and oxygen atoms in total. The van der Waals surface area contributed by atoms with Crippen LogP contribution in [0.1, 0.15) is 25.0 Å². The summed E-state index contributed by atoms with van der Waals surface area (Å²) in [5, 5.41) is 7.30. The summed E-state index contributed by atoms with van der Waals surface area (Å²) < 4.78 is 11.1. The van der Waals surface area contributed by atoms with Crippen LogP contribution in [0.15, 0.2) is 150 Å². The Morgan fingerprint density at radius 1 is 0.438 bits per heavy atom. The molecule has 0 saturated carbocycles. The number of rotatable bonds is 2. The average molecular weight is 615 g/mol. The highest BCUT2D eigenvalue weighted by Gasteiger charge is 2.35. The van der Waals surface area contributed by atoms with Crippen LogP contribution in [0, 0.1) is 0 Å². The molecule has 7 aromatic carbocycles. The number of benzene rings is 7. The minimum absolute atomic E-state index is 0.0814. The number of nitrogens with zero attached hydrogens (tertiary/aromatic N) is 2. The van der Waals surface area contributed by atoms with Crippen LogP contribution in [0.4, 0.5) is 0 Å². The van der Waals surface area contributed by atoms with Gasteiger partial charge in [0.05, 0.1) is 22.1 Å². The lowest BCUT2D eigenvalue weighted by Gasteiger charge is -2.22. The van der Waals surface area contributed by atoms with E-state index in [2.05, 4.69) is 156 Å². The maximum Gasteiger partial charge on any atom is 0.135 e. The molecule has 3 aromatic heterocycles. The van der Waals surface area contributed by atoms with Gasteiger partial charge in [-0.2, -0.15) is 0 Å². The molecule has 10 aromatic rings. The molecule has 226 valence electrons. The van der Waals surface area contributed by atoms with Crippen molar-refractivity contribution in [3.05, 3.63) is 157 Å². The molecular formula is C45H30N2O. The monoisotopic (exact) mass is 614 g/mol. The normalized spacial score (nSPS) is 13.8. The van der Waals surface area contributed by atoms with Crippen molar-refractivity contribution < 1.29 is 4.42 Å². The fourth-order valence-corrected chi connectivity index (χ4v) is 8.74. The van der Waals surface area contributed by atoms with E-state index in [0.29, 0.717) is 0 Å². The number of fused-ring (bicyclic) bond motifs is 13. The molecule has 0 N–H and O–H groups in total. The van der Waals surface area contributed by atoms with Crippen molar-refractivity contribution in [1.82, 2.24) is 9.13 Å². The summed E-state index contributed by atoms with van der Waals surface area (Å²) in [5.41, 5.74) is 14.4. The Kier molecular flexibility index (Phi) is 4.91. The smallest absolute Gasteiger partial charge is 0.135 e. The zero-order valence-corrected chi connectivity index (χ0v) is 26.7. The van der Waals surface area contributed by atoms with Crippen molar-refractivity contribution in [3.8, 4) is 22.5 Å². The average Bonchev–Trinajstić information content (AvgIpc) is 3.83. The molecule has 0 unspecified atom stereocenters. The Labute approximate surface area is 276 Å². The van der Waals surface area contributed by atoms with Crippen LogP contribution in [0.5, 0.6) is 0 Å². The third-order valence-corrected chi connectivity index (χ3v) is 10.9. The van der Waals surface area contributed by atoms with Crippen LogP contribution < -0.4 is 0 Å². The fraction of sp³-hybridized carbons (Fsp3) is 0.0667. The van der Waals surface area contributed by atoms with E-state index in [1.54, 1.807) is 0 Å². The van der Waals surface area contributed by atoms with Crippen LogP contribution in [0.3, 0.4) is 0 Å². The standard InChI is InChI=1S/C45H30N2O/c1-45(2)36-15-7-3-11-29(36)30-21-19-28(26-37(30)45)47-38-16-8-4-12-31(38)33-22-23-40-43(44(33)47)34-14-5-9-17-39(34)46(40)27-20-24-42-35(25-27)32-13-6-10-18-41(32)48-42/h3-26H,1-2H3. The second-order valence-electron chi connectivity index (χ2n) is 13.7. The van der Waals surface area contributed by atoms with E-state index in [1.807, 2.05) is 12.1 Å². The molecule has 3 heteroatoms. The number of hydrogen-bond acceptors (Lipinski definition) is 1. The maximum atomic E-state index is 6.21. The highest BCUT2D eigenvalue weighted by atomic mass is 16.3. The van der Waals surface area contributed by atoms with Gasteiger partial charge in [0.2, 0.25) is 0 Å². The molecule has 48 heavy (non-hydrogen) atoms. The van der Waals surface area contributed by atoms with E-state index in [9.17, 15) is 0 Å². The summed E-state index contributed by atoms with van der Waals surface area (Å²) in [4.78, 5) is 0. The fourth-order valence-electron chi connectivity index (χ4n) is 8.74. The van der Waals surface area contributed by atoms with Gasteiger partial charge in [0.1, 0.15) is 11.2 Å². The number of furan rings is 1.